The van der Waals surface area contributed by atoms with Gasteiger partial charge >= 0.3 is 0 Å². The molecule has 1 nitrogen and oxygen atoms in total. The predicted octanol–water partition coefficient (Wildman–Crippen LogP) is 3.39. The first-order chi connectivity index (χ1) is 7.22. The van der Waals surface area contributed by atoms with Crippen LogP contribution in [0.3, 0.4) is 0 Å². The average Bonchev–Trinajstić information content (AvgIpc) is 2.19. The highest BCUT2D eigenvalue weighted by Crippen LogP contribution is 2.44. The highest BCUT2D eigenvalue weighted by Gasteiger charge is 2.38. The molecular weight excluding hydrogens is 250 g/mol. The van der Waals surface area contributed by atoms with Crippen LogP contribution in [0.4, 0.5) is 0 Å². The summed E-state index contributed by atoms with van der Waals surface area (Å²) in [5.74, 6) is 0. The van der Waals surface area contributed by atoms with Crippen LogP contribution in [-0.2, 0) is 11.8 Å². The summed E-state index contributed by atoms with van der Waals surface area (Å²) in [5.41, 5.74) is 9.19. The summed E-state index contributed by atoms with van der Waals surface area (Å²) in [6, 6.07) is 6.64. The highest BCUT2D eigenvalue weighted by atomic mass is 79.9. The second kappa shape index (κ2) is 4.26. The fourth-order valence-corrected chi connectivity index (χ4v) is 2.97. The van der Waals surface area contributed by atoms with Crippen LogP contribution in [0.5, 0.6) is 0 Å². The number of hydrogen-bond donors (Lipinski definition) is 1. The lowest BCUT2D eigenvalue weighted by molar-refractivity contribution is 0.251. The van der Waals surface area contributed by atoms with E-state index in [9.17, 15) is 0 Å². The molecule has 0 heterocycles. The van der Waals surface area contributed by atoms with Gasteiger partial charge in [-0.25, -0.2) is 0 Å². The molecule has 0 saturated heterocycles. The van der Waals surface area contributed by atoms with Crippen LogP contribution in [0.2, 0.25) is 0 Å². The van der Waals surface area contributed by atoms with Crippen LogP contribution in [0.1, 0.15) is 37.3 Å². The Morgan fingerprint density at radius 2 is 2.13 bits per heavy atom. The van der Waals surface area contributed by atoms with E-state index in [0.717, 1.165) is 13.0 Å². The molecule has 1 aliphatic carbocycles. The van der Waals surface area contributed by atoms with E-state index in [2.05, 4.69) is 41.1 Å². The maximum atomic E-state index is 5.95. The van der Waals surface area contributed by atoms with Crippen LogP contribution >= 0.6 is 15.9 Å². The molecule has 0 atom stereocenters. The van der Waals surface area contributed by atoms with E-state index >= 15 is 0 Å². The van der Waals surface area contributed by atoms with Gasteiger partial charge < -0.3 is 5.73 Å². The largest absolute Gasteiger partial charge is 0.330 e. The first-order valence-corrected chi connectivity index (χ1v) is 6.50. The van der Waals surface area contributed by atoms with Gasteiger partial charge in [0.2, 0.25) is 0 Å². The SMILES string of the molecule is CCc1cc(Br)ccc1C1(CN)CCC1. The molecule has 1 aromatic carbocycles. The molecule has 0 radical (unpaired) electrons. The third-order valence-electron chi connectivity index (χ3n) is 3.72. The van der Waals surface area contributed by atoms with Gasteiger partial charge in [-0.2, -0.15) is 0 Å². The van der Waals surface area contributed by atoms with Crippen LogP contribution in [0.15, 0.2) is 22.7 Å². The number of rotatable bonds is 3. The van der Waals surface area contributed by atoms with E-state index in [4.69, 9.17) is 5.73 Å². The minimum Gasteiger partial charge on any atom is -0.330 e. The van der Waals surface area contributed by atoms with Crippen molar-refractivity contribution in [2.24, 2.45) is 5.73 Å². The zero-order chi connectivity index (χ0) is 10.9. The number of nitrogens with two attached hydrogens (primary N) is 1. The standard InChI is InChI=1S/C13H18BrN/c1-2-10-8-11(14)4-5-12(10)13(9-15)6-3-7-13/h4-5,8H,2-3,6-7,9,15H2,1H3. The summed E-state index contributed by atoms with van der Waals surface area (Å²) in [6.45, 7) is 3.01. The van der Waals surface area contributed by atoms with Gasteiger partial charge in [0.15, 0.2) is 0 Å². The smallest absolute Gasteiger partial charge is 0.0178 e. The molecule has 0 spiro atoms. The molecule has 2 rings (SSSR count). The third-order valence-corrected chi connectivity index (χ3v) is 4.21. The number of halogens is 1. The molecule has 2 N–H and O–H groups in total. The fourth-order valence-electron chi connectivity index (χ4n) is 2.56. The van der Waals surface area contributed by atoms with Crippen LogP contribution in [0.25, 0.3) is 0 Å². The fraction of sp³-hybridized carbons (Fsp3) is 0.538. The summed E-state index contributed by atoms with van der Waals surface area (Å²) in [4.78, 5) is 0. The Morgan fingerprint density at radius 3 is 2.60 bits per heavy atom. The number of aryl methyl sites for hydroxylation is 1. The molecule has 15 heavy (non-hydrogen) atoms. The van der Waals surface area contributed by atoms with Crippen molar-refractivity contribution in [2.75, 3.05) is 6.54 Å². The molecule has 1 aliphatic rings. The zero-order valence-electron chi connectivity index (χ0n) is 9.22. The normalized spacial score (nSPS) is 18.6. The minimum atomic E-state index is 0.298. The van der Waals surface area contributed by atoms with E-state index in [1.165, 1.54) is 34.9 Å². The maximum Gasteiger partial charge on any atom is 0.0178 e. The van der Waals surface area contributed by atoms with Crippen molar-refractivity contribution in [3.8, 4) is 0 Å². The van der Waals surface area contributed by atoms with Crippen molar-refractivity contribution < 1.29 is 0 Å². The lowest BCUT2D eigenvalue weighted by atomic mass is 9.63. The first-order valence-electron chi connectivity index (χ1n) is 5.71. The third kappa shape index (κ3) is 1.85. The van der Waals surface area contributed by atoms with E-state index < -0.39 is 0 Å². The van der Waals surface area contributed by atoms with Crippen LogP contribution in [-0.4, -0.2) is 6.54 Å². The molecule has 1 fully saturated rings. The molecule has 0 amide bonds. The second-order valence-corrected chi connectivity index (χ2v) is 5.41. The summed E-state index contributed by atoms with van der Waals surface area (Å²) in [7, 11) is 0. The van der Waals surface area contributed by atoms with Gasteiger partial charge in [-0.1, -0.05) is 35.3 Å². The topological polar surface area (TPSA) is 26.0 Å². The van der Waals surface area contributed by atoms with Gasteiger partial charge in [-0.3, -0.25) is 0 Å². The van der Waals surface area contributed by atoms with Crippen molar-refractivity contribution in [3.05, 3.63) is 33.8 Å². The Balaban J connectivity index is 2.42. The van der Waals surface area contributed by atoms with E-state index in [1.807, 2.05) is 0 Å². The van der Waals surface area contributed by atoms with E-state index in [0.29, 0.717) is 5.41 Å². The summed E-state index contributed by atoms with van der Waals surface area (Å²) >= 11 is 3.53. The summed E-state index contributed by atoms with van der Waals surface area (Å²) in [5, 5.41) is 0. The van der Waals surface area contributed by atoms with Crippen molar-refractivity contribution in [2.45, 2.75) is 38.0 Å². The molecule has 0 unspecified atom stereocenters. The molecule has 0 aliphatic heterocycles. The summed E-state index contributed by atoms with van der Waals surface area (Å²) in [6.07, 6.45) is 4.95. The Morgan fingerprint density at radius 1 is 1.40 bits per heavy atom. The Bertz CT molecular complexity index is 350. The van der Waals surface area contributed by atoms with Crippen molar-refractivity contribution in [1.82, 2.24) is 0 Å². The van der Waals surface area contributed by atoms with Crippen molar-refractivity contribution in [1.29, 1.82) is 0 Å². The quantitative estimate of drug-likeness (QED) is 0.893. The lowest BCUT2D eigenvalue weighted by Crippen LogP contribution is -2.42. The van der Waals surface area contributed by atoms with Crippen molar-refractivity contribution in [3.63, 3.8) is 0 Å². The van der Waals surface area contributed by atoms with Crippen LogP contribution < -0.4 is 5.73 Å². The van der Waals surface area contributed by atoms with Gasteiger partial charge in [-0.15, -0.1) is 0 Å². The lowest BCUT2D eigenvalue weighted by Gasteiger charge is -2.42. The number of benzene rings is 1. The molecule has 1 saturated carbocycles. The van der Waals surface area contributed by atoms with Gasteiger partial charge in [0.05, 0.1) is 0 Å². The molecule has 0 aromatic heterocycles. The van der Waals surface area contributed by atoms with E-state index in [1.54, 1.807) is 0 Å². The van der Waals surface area contributed by atoms with Gasteiger partial charge in [0.1, 0.15) is 0 Å². The molecule has 1 aromatic rings. The zero-order valence-corrected chi connectivity index (χ0v) is 10.8. The molecule has 82 valence electrons. The molecule has 0 bridgehead atoms. The summed E-state index contributed by atoms with van der Waals surface area (Å²) < 4.78 is 1.18. The minimum absolute atomic E-state index is 0.298. The Hall–Kier alpha value is -0.340. The van der Waals surface area contributed by atoms with Gasteiger partial charge in [-0.05, 0) is 42.5 Å². The molecular formula is C13H18BrN. The predicted molar refractivity (Wildman–Crippen MR) is 68.1 cm³/mol. The van der Waals surface area contributed by atoms with E-state index in [-0.39, 0.29) is 0 Å². The van der Waals surface area contributed by atoms with Gasteiger partial charge in [0.25, 0.3) is 0 Å². The first kappa shape index (κ1) is 11.2. The Labute approximate surface area is 100 Å². The monoisotopic (exact) mass is 267 g/mol. The van der Waals surface area contributed by atoms with Crippen LogP contribution in [0, 0.1) is 0 Å². The number of hydrogen-bond acceptors (Lipinski definition) is 1. The second-order valence-electron chi connectivity index (χ2n) is 4.49. The van der Waals surface area contributed by atoms with Crippen molar-refractivity contribution >= 4 is 15.9 Å². The Kier molecular flexibility index (Phi) is 3.17. The molecule has 2 heteroatoms. The van der Waals surface area contributed by atoms with Gasteiger partial charge in [0, 0.05) is 16.4 Å². The average molecular weight is 268 g/mol. The highest BCUT2D eigenvalue weighted by molar-refractivity contribution is 9.10. The maximum absolute atomic E-state index is 5.95.